The Morgan fingerprint density at radius 2 is 2.14 bits per heavy atom. The zero-order valence-corrected chi connectivity index (χ0v) is 12.8. The predicted molar refractivity (Wildman–Crippen MR) is 83.5 cm³/mol. The zero-order chi connectivity index (χ0) is 15.3. The largest absolute Gasteiger partial charge is 0.396 e. The van der Waals surface area contributed by atoms with Gasteiger partial charge in [-0.15, -0.1) is 0 Å². The highest BCUT2D eigenvalue weighted by Crippen LogP contribution is 2.26. The molecule has 2 rings (SSSR count). The lowest BCUT2D eigenvalue weighted by atomic mass is 9.82. The molecule has 3 atom stereocenters. The minimum Gasteiger partial charge on any atom is -0.396 e. The Balaban J connectivity index is 2.05. The van der Waals surface area contributed by atoms with E-state index in [-0.39, 0.29) is 18.0 Å². The summed E-state index contributed by atoms with van der Waals surface area (Å²) in [5.41, 5.74) is 6.65. The molecule has 1 saturated carbocycles. The molecule has 0 amide bonds. The SMILES string of the molecule is CC(CN)(Cc1cccc(F)c1)NC1CCCCC1CO. The summed E-state index contributed by atoms with van der Waals surface area (Å²) in [4.78, 5) is 0. The summed E-state index contributed by atoms with van der Waals surface area (Å²) in [6.45, 7) is 2.79. The van der Waals surface area contributed by atoms with Crippen molar-refractivity contribution in [2.24, 2.45) is 11.7 Å². The van der Waals surface area contributed by atoms with Gasteiger partial charge in [-0.1, -0.05) is 25.0 Å². The van der Waals surface area contributed by atoms with Crippen LogP contribution in [0.15, 0.2) is 24.3 Å². The maximum Gasteiger partial charge on any atom is 0.123 e. The van der Waals surface area contributed by atoms with Crippen molar-refractivity contribution >= 4 is 0 Å². The Bertz CT molecular complexity index is 454. The molecule has 0 aromatic heterocycles. The Kier molecular flexibility index (Phi) is 5.73. The van der Waals surface area contributed by atoms with Crippen LogP contribution in [0.1, 0.15) is 38.2 Å². The van der Waals surface area contributed by atoms with E-state index in [1.807, 2.05) is 6.07 Å². The Labute approximate surface area is 126 Å². The van der Waals surface area contributed by atoms with E-state index in [4.69, 9.17) is 5.73 Å². The van der Waals surface area contributed by atoms with Crippen molar-refractivity contribution in [3.05, 3.63) is 35.6 Å². The van der Waals surface area contributed by atoms with E-state index in [0.717, 1.165) is 18.4 Å². The topological polar surface area (TPSA) is 58.3 Å². The maximum absolute atomic E-state index is 13.3. The number of nitrogens with one attached hydrogen (secondary N) is 1. The lowest BCUT2D eigenvalue weighted by molar-refractivity contribution is 0.131. The highest BCUT2D eigenvalue weighted by atomic mass is 19.1. The van der Waals surface area contributed by atoms with Crippen molar-refractivity contribution < 1.29 is 9.50 Å². The molecule has 0 aliphatic heterocycles. The molecule has 21 heavy (non-hydrogen) atoms. The van der Waals surface area contributed by atoms with Gasteiger partial charge in [0.25, 0.3) is 0 Å². The second-order valence-corrected chi connectivity index (χ2v) is 6.55. The van der Waals surface area contributed by atoms with Gasteiger partial charge < -0.3 is 16.2 Å². The molecule has 3 unspecified atom stereocenters. The number of halogens is 1. The Morgan fingerprint density at radius 3 is 2.81 bits per heavy atom. The van der Waals surface area contributed by atoms with Gasteiger partial charge in [0.15, 0.2) is 0 Å². The lowest BCUT2D eigenvalue weighted by Gasteiger charge is -2.39. The van der Waals surface area contributed by atoms with Gasteiger partial charge in [-0.25, -0.2) is 4.39 Å². The molecule has 1 aliphatic carbocycles. The summed E-state index contributed by atoms with van der Waals surface area (Å²) in [6.07, 6.45) is 5.20. The van der Waals surface area contributed by atoms with E-state index >= 15 is 0 Å². The summed E-state index contributed by atoms with van der Waals surface area (Å²) in [6, 6.07) is 6.99. The first-order valence-corrected chi connectivity index (χ1v) is 7.89. The molecule has 0 heterocycles. The fraction of sp³-hybridized carbons (Fsp3) is 0.647. The van der Waals surface area contributed by atoms with Crippen molar-refractivity contribution in [1.29, 1.82) is 0 Å². The fourth-order valence-electron chi connectivity index (χ4n) is 3.34. The third kappa shape index (κ3) is 4.50. The van der Waals surface area contributed by atoms with E-state index in [1.54, 1.807) is 12.1 Å². The van der Waals surface area contributed by atoms with E-state index in [0.29, 0.717) is 24.9 Å². The van der Waals surface area contributed by atoms with Crippen LogP contribution in [0, 0.1) is 11.7 Å². The average Bonchev–Trinajstić information content (AvgIpc) is 2.47. The molecule has 3 nitrogen and oxygen atoms in total. The summed E-state index contributed by atoms with van der Waals surface area (Å²) < 4.78 is 13.3. The van der Waals surface area contributed by atoms with Crippen molar-refractivity contribution in [2.45, 2.75) is 50.6 Å². The zero-order valence-electron chi connectivity index (χ0n) is 12.8. The van der Waals surface area contributed by atoms with Gasteiger partial charge in [0.05, 0.1) is 0 Å². The molecular formula is C17H27FN2O. The lowest BCUT2D eigenvalue weighted by Crippen LogP contribution is -2.57. The molecule has 1 aliphatic rings. The third-order valence-electron chi connectivity index (χ3n) is 4.61. The number of nitrogens with two attached hydrogens (primary N) is 1. The average molecular weight is 294 g/mol. The van der Waals surface area contributed by atoms with Crippen molar-refractivity contribution in [2.75, 3.05) is 13.2 Å². The molecule has 0 spiro atoms. The molecule has 1 aromatic carbocycles. The van der Waals surface area contributed by atoms with Crippen LogP contribution >= 0.6 is 0 Å². The first kappa shape index (κ1) is 16.4. The first-order valence-electron chi connectivity index (χ1n) is 7.89. The number of hydrogen-bond acceptors (Lipinski definition) is 3. The quantitative estimate of drug-likeness (QED) is 0.754. The third-order valence-corrected chi connectivity index (χ3v) is 4.61. The van der Waals surface area contributed by atoms with E-state index in [1.165, 1.54) is 18.9 Å². The van der Waals surface area contributed by atoms with Crippen LogP contribution in [-0.4, -0.2) is 29.8 Å². The van der Waals surface area contributed by atoms with Gasteiger partial charge in [0, 0.05) is 24.7 Å². The molecule has 0 saturated heterocycles. The van der Waals surface area contributed by atoms with Crippen LogP contribution in [0.5, 0.6) is 0 Å². The molecule has 4 heteroatoms. The maximum atomic E-state index is 13.3. The van der Waals surface area contributed by atoms with Gasteiger partial charge in [-0.3, -0.25) is 0 Å². The molecule has 1 aromatic rings. The fourth-order valence-corrected chi connectivity index (χ4v) is 3.34. The number of rotatable bonds is 6. The normalized spacial score (nSPS) is 25.5. The first-order chi connectivity index (χ1) is 10.1. The predicted octanol–water partition coefficient (Wildman–Crippen LogP) is 2.23. The van der Waals surface area contributed by atoms with Gasteiger partial charge in [-0.2, -0.15) is 0 Å². The van der Waals surface area contributed by atoms with Crippen LogP contribution in [-0.2, 0) is 6.42 Å². The summed E-state index contributed by atoms with van der Waals surface area (Å²) in [7, 11) is 0. The highest BCUT2D eigenvalue weighted by molar-refractivity contribution is 5.19. The van der Waals surface area contributed by atoms with Crippen LogP contribution in [0.2, 0.25) is 0 Å². The summed E-state index contributed by atoms with van der Waals surface area (Å²) >= 11 is 0. The summed E-state index contributed by atoms with van der Waals surface area (Å²) in [5.74, 6) is 0.0925. The molecule has 4 N–H and O–H groups in total. The minimum atomic E-state index is -0.275. The van der Waals surface area contributed by atoms with Crippen molar-refractivity contribution in [3.63, 3.8) is 0 Å². The smallest absolute Gasteiger partial charge is 0.123 e. The van der Waals surface area contributed by atoms with Crippen LogP contribution < -0.4 is 11.1 Å². The van der Waals surface area contributed by atoms with Gasteiger partial charge in [0.1, 0.15) is 5.82 Å². The van der Waals surface area contributed by atoms with E-state index in [9.17, 15) is 9.50 Å². The van der Waals surface area contributed by atoms with Crippen molar-refractivity contribution in [1.82, 2.24) is 5.32 Å². The Morgan fingerprint density at radius 1 is 1.38 bits per heavy atom. The molecule has 1 fully saturated rings. The summed E-state index contributed by atoms with van der Waals surface area (Å²) in [5, 5.41) is 13.2. The van der Waals surface area contributed by atoms with Gasteiger partial charge >= 0.3 is 0 Å². The molecule has 118 valence electrons. The second kappa shape index (κ2) is 7.34. The van der Waals surface area contributed by atoms with Crippen LogP contribution in [0.4, 0.5) is 4.39 Å². The minimum absolute atomic E-state index is 0.210. The van der Waals surface area contributed by atoms with Crippen molar-refractivity contribution in [3.8, 4) is 0 Å². The van der Waals surface area contributed by atoms with Crippen LogP contribution in [0.3, 0.4) is 0 Å². The number of benzene rings is 1. The van der Waals surface area contributed by atoms with Crippen LogP contribution in [0.25, 0.3) is 0 Å². The van der Waals surface area contributed by atoms with Gasteiger partial charge in [-0.05, 0) is 49.8 Å². The molecule has 0 radical (unpaired) electrons. The second-order valence-electron chi connectivity index (χ2n) is 6.55. The van der Waals surface area contributed by atoms with E-state index < -0.39 is 0 Å². The molecular weight excluding hydrogens is 267 g/mol. The number of hydrogen-bond donors (Lipinski definition) is 3. The standard InChI is InChI=1S/C17H27FN2O/c1-17(12-19,10-13-5-4-7-15(18)9-13)20-16-8-3-2-6-14(16)11-21/h4-5,7,9,14,16,20-21H,2-3,6,8,10-12,19H2,1H3. The number of aliphatic hydroxyl groups excluding tert-OH is 1. The molecule has 0 bridgehead atoms. The Hall–Kier alpha value is -0.970. The van der Waals surface area contributed by atoms with E-state index in [2.05, 4.69) is 12.2 Å². The highest BCUT2D eigenvalue weighted by Gasteiger charge is 2.31. The van der Waals surface area contributed by atoms with Gasteiger partial charge in [0.2, 0.25) is 0 Å². The monoisotopic (exact) mass is 294 g/mol. The number of aliphatic hydroxyl groups is 1.